The molecule has 64 heavy (non-hydrogen) atoms. The topological polar surface area (TPSA) is 38.7 Å². The standard InChI is InChI=1S/C58H52N6/c1-41-24-19-21-34-51(41)61(47-26-11-7-12-27-47)53-36-23-37-54(45(53)5)63(49-30-15-9-16-31-49)56-43(3)40-44(4)57(60-56)64(50-32-17-10-18-33-50)58-46(6)55(38-39-59-58)62(48-28-13-8-14-29-48)52-35-22-20-25-42(52)2/h7-40H,1-6H3. The highest BCUT2D eigenvalue weighted by atomic mass is 15.3. The third-order valence-corrected chi connectivity index (χ3v) is 11.9. The lowest BCUT2D eigenvalue weighted by atomic mass is 10.0. The Morgan fingerprint density at radius 2 is 0.641 bits per heavy atom. The summed E-state index contributed by atoms with van der Waals surface area (Å²) in [6.07, 6.45) is 1.92. The van der Waals surface area contributed by atoms with Crippen molar-refractivity contribution in [1.29, 1.82) is 0 Å². The van der Waals surface area contributed by atoms with Gasteiger partial charge in [-0.25, -0.2) is 9.97 Å². The van der Waals surface area contributed by atoms with Crippen molar-refractivity contribution < 1.29 is 0 Å². The lowest BCUT2D eigenvalue weighted by molar-refractivity contribution is 1.05. The lowest BCUT2D eigenvalue weighted by Gasteiger charge is -2.34. The van der Waals surface area contributed by atoms with Crippen LogP contribution in [0.4, 0.5) is 68.6 Å². The Labute approximate surface area is 378 Å². The molecule has 0 spiro atoms. The van der Waals surface area contributed by atoms with E-state index in [1.54, 1.807) is 0 Å². The number of hydrogen-bond donors (Lipinski definition) is 0. The van der Waals surface area contributed by atoms with Crippen molar-refractivity contribution in [2.45, 2.75) is 41.5 Å². The number of para-hydroxylation sites is 6. The van der Waals surface area contributed by atoms with E-state index in [0.717, 1.165) is 90.9 Å². The van der Waals surface area contributed by atoms with Gasteiger partial charge in [-0.3, -0.25) is 9.80 Å². The summed E-state index contributed by atoms with van der Waals surface area (Å²) in [5.74, 6) is 2.42. The van der Waals surface area contributed by atoms with Crippen LogP contribution in [-0.2, 0) is 0 Å². The van der Waals surface area contributed by atoms with Gasteiger partial charge in [-0.2, -0.15) is 0 Å². The molecule has 7 aromatic carbocycles. The summed E-state index contributed by atoms with van der Waals surface area (Å²) in [4.78, 5) is 20.2. The van der Waals surface area contributed by atoms with Gasteiger partial charge < -0.3 is 9.80 Å². The molecular formula is C58H52N6. The molecule has 0 N–H and O–H groups in total. The molecule has 0 fully saturated rings. The summed E-state index contributed by atoms with van der Waals surface area (Å²) in [6, 6.07) is 70.3. The van der Waals surface area contributed by atoms with Gasteiger partial charge in [0.25, 0.3) is 0 Å². The smallest absolute Gasteiger partial charge is 0.144 e. The number of aryl methyl sites for hydroxylation is 4. The van der Waals surface area contributed by atoms with Gasteiger partial charge in [0, 0.05) is 45.9 Å². The van der Waals surface area contributed by atoms with Gasteiger partial charge in [-0.15, -0.1) is 0 Å². The van der Waals surface area contributed by atoms with E-state index in [0.29, 0.717) is 0 Å². The van der Waals surface area contributed by atoms with Crippen molar-refractivity contribution >= 4 is 68.6 Å². The van der Waals surface area contributed by atoms with Crippen molar-refractivity contribution in [2.75, 3.05) is 19.6 Å². The average molecular weight is 833 g/mol. The molecule has 6 heteroatoms. The molecule has 0 unspecified atom stereocenters. The third kappa shape index (κ3) is 7.98. The van der Waals surface area contributed by atoms with Crippen LogP contribution in [-0.4, -0.2) is 9.97 Å². The average Bonchev–Trinajstić information content (AvgIpc) is 3.32. The number of nitrogens with zero attached hydrogens (tertiary/aromatic N) is 6. The maximum atomic E-state index is 5.75. The molecule has 9 aromatic rings. The minimum atomic E-state index is 0.794. The Balaban J connectivity index is 1.25. The van der Waals surface area contributed by atoms with E-state index < -0.39 is 0 Å². The Morgan fingerprint density at radius 3 is 1.11 bits per heavy atom. The van der Waals surface area contributed by atoms with Crippen LogP contribution in [0.2, 0.25) is 0 Å². The Morgan fingerprint density at radius 1 is 0.281 bits per heavy atom. The van der Waals surface area contributed by atoms with E-state index >= 15 is 0 Å². The van der Waals surface area contributed by atoms with Gasteiger partial charge in [0.05, 0.1) is 17.1 Å². The van der Waals surface area contributed by atoms with Crippen LogP contribution in [0.25, 0.3) is 0 Å². The molecule has 0 atom stereocenters. The normalized spacial score (nSPS) is 11.0. The zero-order valence-corrected chi connectivity index (χ0v) is 37.3. The first-order chi connectivity index (χ1) is 31.3. The van der Waals surface area contributed by atoms with Crippen molar-refractivity contribution in [3.05, 3.63) is 240 Å². The molecule has 0 bridgehead atoms. The molecule has 0 aliphatic rings. The number of benzene rings is 7. The lowest BCUT2D eigenvalue weighted by Crippen LogP contribution is -2.21. The molecule has 0 radical (unpaired) electrons. The Bertz CT molecular complexity index is 2820. The monoisotopic (exact) mass is 832 g/mol. The van der Waals surface area contributed by atoms with Crippen molar-refractivity contribution in [3.63, 3.8) is 0 Å². The maximum Gasteiger partial charge on any atom is 0.144 e. The molecule has 0 aliphatic heterocycles. The van der Waals surface area contributed by atoms with Crippen LogP contribution >= 0.6 is 0 Å². The Hall–Kier alpha value is -7.96. The molecule has 314 valence electrons. The molecule has 2 heterocycles. The number of anilines is 12. The van der Waals surface area contributed by atoms with Crippen molar-refractivity contribution in [3.8, 4) is 0 Å². The number of aromatic nitrogens is 2. The molecular weight excluding hydrogens is 781 g/mol. The summed E-state index contributed by atoms with van der Waals surface area (Å²) >= 11 is 0. The van der Waals surface area contributed by atoms with Gasteiger partial charge in [0.2, 0.25) is 0 Å². The van der Waals surface area contributed by atoms with Crippen molar-refractivity contribution in [1.82, 2.24) is 9.97 Å². The fraction of sp³-hybridized carbons (Fsp3) is 0.103. The van der Waals surface area contributed by atoms with Crippen LogP contribution in [0, 0.1) is 41.5 Å². The quantitative estimate of drug-likeness (QED) is 0.122. The van der Waals surface area contributed by atoms with Gasteiger partial charge in [-0.1, -0.05) is 115 Å². The van der Waals surface area contributed by atoms with Gasteiger partial charge >= 0.3 is 0 Å². The van der Waals surface area contributed by atoms with Crippen LogP contribution in [0.5, 0.6) is 0 Å². The highest BCUT2D eigenvalue weighted by molar-refractivity contribution is 5.89. The second kappa shape index (κ2) is 18.2. The maximum absolute atomic E-state index is 5.75. The van der Waals surface area contributed by atoms with Gasteiger partial charge in [-0.05, 0) is 154 Å². The first kappa shape index (κ1) is 41.4. The summed E-state index contributed by atoms with van der Waals surface area (Å²) in [5, 5.41) is 0. The van der Waals surface area contributed by atoms with E-state index in [2.05, 4.69) is 261 Å². The highest BCUT2D eigenvalue weighted by Crippen LogP contribution is 2.47. The van der Waals surface area contributed by atoms with Crippen LogP contribution in [0.1, 0.15) is 33.4 Å². The first-order valence-corrected chi connectivity index (χ1v) is 21.9. The SMILES string of the molecule is Cc1ccccc1N(c1ccccc1)c1cccc(N(c2ccccc2)c2nc(N(c3ccccc3)c3nccc(N(c4ccccc4)c4ccccc4C)c3C)c(C)cc2C)c1C. The Kier molecular flexibility index (Phi) is 11.8. The van der Waals surface area contributed by atoms with Gasteiger partial charge in [0.15, 0.2) is 0 Å². The van der Waals surface area contributed by atoms with E-state index in [4.69, 9.17) is 9.97 Å². The highest BCUT2D eigenvalue weighted by Gasteiger charge is 2.28. The summed E-state index contributed by atoms with van der Waals surface area (Å²) in [7, 11) is 0. The second-order valence-corrected chi connectivity index (χ2v) is 16.2. The summed E-state index contributed by atoms with van der Waals surface area (Å²) in [5.41, 5.74) is 16.1. The number of hydrogen-bond acceptors (Lipinski definition) is 6. The summed E-state index contributed by atoms with van der Waals surface area (Å²) < 4.78 is 0. The fourth-order valence-electron chi connectivity index (χ4n) is 8.73. The molecule has 0 saturated carbocycles. The van der Waals surface area contributed by atoms with Gasteiger partial charge in [0.1, 0.15) is 17.5 Å². The van der Waals surface area contributed by atoms with E-state index in [9.17, 15) is 0 Å². The second-order valence-electron chi connectivity index (χ2n) is 16.2. The zero-order chi connectivity index (χ0) is 44.2. The minimum absolute atomic E-state index is 0.794. The molecule has 6 nitrogen and oxygen atoms in total. The third-order valence-electron chi connectivity index (χ3n) is 11.9. The van der Waals surface area contributed by atoms with Crippen LogP contribution in [0.15, 0.2) is 206 Å². The molecule has 0 aliphatic carbocycles. The van der Waals surface area contributed by atoms with E-state index in [-0.39, 0.29) is 0 Å². The molecule has 9 rings (SSSR count). The first-order valence-electron chi connectivity index (χ1n) is 21.9. The minimum Gasteiger partial charge on any atom is -0.310 e. The fourth-order valence-corrected chi connectivity index (χ4v) is 8.73. The van der Waals surface area contributed by atoms with E-state index in [1.807, 2.05) is 6.20 Å². The number of rotatable bonds is 12. The van der Waals surface area contributed by atoms with Crippen LogP contribution in [0.3, 0.4) is 0 Å². The zero-order valence-electron chi connectivity index (χ0n) is 37.3. The predicted molar refractivity (Wildman–Crippen MR) is 269 cm³/mol. The van der Waals surface area contributed by atoms with E-state index in [1.165, 1.54) is 11.1 Å². The molecule has 0 amide bonds. The largest absolute Gasteiger partial charge is 0.310 e. The predicted octanol–water partition coefficient (Wildman–Crippen LogP) is 16.2. The summed E-state index contributed by atoms with van der Waals surface area (Å²) in [6.45, 7) is 13.0. The van der Waals surface area contributed by atoms with Crippen molar-refractivity contribution in [2.24, 2.45) is 0 Å². The number of pyridine rings is 2. The molecule has 0 saturated heterocycles. The van der Waals surface area contributed by atoms with Crippen LogP contribution < -0.4 is 19.6 Å². The molecule has 2 aromatic heterocycles.